The van der Waals surface area contributed by atoms with Gasteiger partial charge in [-0.25, -0.2) is 4.68 Å². The van der Waals surface area contributed by atoms with E-state index < -0.39 is 0 Å². The lowest BCUT2D eigenvalue weighted by atomic mass is 10.0. The highest BCUT2D eigenvalue weighted by Crippen LogP contribution is 2.36. The first-order valence-electron chi connectivity index (χ1n) is 8.56. The molecule has 8 nitrogen and oxygen atoms in total. The van der Waals surface area contributed by atoms with Crippen LogP contribution in [-0.4, -0.2) is 33.2 Å². The number of hydrogen-bond acceptors (Lipinski definition) is 5. The molecule has 142 valence electrons. The van der Waals surface area contributed by atoms with Gasteiger partial charge < -0.3 is 10.1 Å². The molecule has 9 heteroatoms. The second-order valence-corrected chi connectivity index (χ2v) is 7.10. The first kappa shape index (κ1) is 18.2. The van der Waals surface area contributed by atoms with Crippen LogP contribution in [0, 0.1) is 0 Å². The van der Waals surface area contributed by atoms with E-state index in [0.29, 0.717) is 17.4 Å². The van der Waals surface area contributed by atoms with Crippen molar-refractivity contribution in [2.75, 3.05) is 17.2 Å². The van der Waals surface area contributed by atoms with Crippen LogP contribution in [-0.2, 0) is 9.59 Å². The van der Waals surface area contributed by atoms with E-state index in [-0.39, 0.29) is 30.9 Å². The summed E-state index contributed by atoms with van der Waals surface area (Å²) in [6, 6.07) is 14.2. The monoisotopic (exact) mass is 441 g/mol. The van der Waals surface area contributed by atoms with Gasteiger partial charge in [0.15, 0.2) is 6.61 Å². The fraction of sp³-hybridized carbons (Fsp3) is 0.158. The molecule has 28 heavy (non-hydrogen) atoms. The van der Waals surface area contributed by atoms with Gasteiger partial charge in [-0.05, 0) is 30.3 Å². The van der Waals surface area contributed by atoms with Gasteiger partial charge in [0, 0.05) is 15.7 Å². The molecule has 1 aliphatic rings. The minimum atomic E-state index is -0.379. The Labute approximate surface area is 169 Å². The summed E-state index contributed by atoms with van der Waals surface area (Å²) in [6.07, 6.45) is 1.58. The molecular formula is C19H16BrN5O3. The van der Waals surface area contributed by atoms with Crippen LogP contribution < -0.4 is 15.4 Å². The van der Waals surface area contributed by atoms with Crippen molar-refractivity contribution >= 4 is 39.4 Å². The average Bonchev–Trinajstić information content (AvgIpc) is 3.15. The molecule has 1 aliphatic heterocycles. The first-order valence-corrected chi connectivity index (χ1v) is 9.36. The molecular weight excluding hydrogens is 426 g/mol. The van der Waals surface area contributed by atoms with Crippen molar-refractivity contribution in [2.24, 2.45) is 0 Å². The number of rotatable bonds is 5. The van der Waals surface area contributed by atoms with Crippen LogP contribution in [0.25, 0.3) is 0 Å². The van der Waals surface area contributed by atoms with Crippen LogP contribution in [0.3, 0.4) is 0 Å². The summed E-state index contributed by atoms with van der Waals surface area (Å²) in [5, 5.41) is 9.67. The smallest absolute Gasteiger partial charge is 0.262 e. The molecule has 0 radical (unpaired) electrons. The zero-order valence-corrected chi connectivity index (χ0v) is 16.2. The van der Waals surface area contributed by atoms with E-state index in [0.717, 1.165) is 10.0 Å². The molecule has 0 fully saturated rings. The molecule has 2 aromatic carbocycles. The second-order valence-electron chi connectivity index (χ2n) is 6.18. The number of hydrogen-bond donors (Lipinski definition) is 2. The Balaban J connectivity index is 1.55. The number of ether oxygens (including phenoxy) is 1. The van der Waals surface area contributed by atoms with E-state index in [9.17, 15) is 9.59 Å². The minimum absolute atomic E-state index is 0.154. The lowest BCUT2D eigenvalue weighted by molar-refractivity contribution is -0.118. The highest BCUT2D eigenvalue weighted by molar-refractivity contribution is 9.10. The van der Waals surface area contributed by atoms with Gasteiger partial charge in [0.05, 0.1) is 12.5 Å². The Bertz CT molecular complexity index is 1020. The summed E-state index contributed by atoms with van der Waals surface area (Å²) >= 11 is 3.45. The maximum Gasteiger partial charge on any atom is 0.262 e. The number of nitrogens with zero attached hydrogens (tertiary/aromatic N) is 3. The molecule has 1 atom stereocenters. The number of halogens is 1. The van der Waals surface area contributed by atoms with Crippen molar-refractivity contribution in [3.8, 4) is 5.75 Å². The van der Waals surface area contributed by atoms with Crippen LogP contribution >= 0.6 is 15.9 Å². The summed E-state index contributed by atoms with van der Waals surface area (Å²) in [5.41, 5.74) is 1.44. The lowest BCUT2D eigenvalue weighted by Gasteiger charge is -2.25. The first-order chi connectivity index (χ1) is 13.6. The predicted molar refractivity (Wildman–Crippen MR) is 106 cm³/mol. The number of amides is 2. The zero-order chi connectivity index (χ0) is 19.5. The van der Waals surface area contributed by atoms with E-state index in [1.165, 1.54) is 6.33 Å². The van der Waals surface area contributed by atoms with Gasteiger partial charge in [0.2, 0.25) is 11.9 Å². The Morgan fingerprint density at radius 2 is 2.11 bits per heavy atom. The van der Waals surface area contributed by atoms with Gasteiger partial charge in [-0.2, -0.15) is 10.1 Å². The fourth-order valence-electron chi connectivity index (χ4n) is 3.02. The standard InChI is InChI=1S/C19H16BrN5O3/c20-12-6-7-16(28-10-18(27)23-13-4-2-1-3-5-13)14(8-12)15-9-17(26)24-19-21-11-22-25(15)19/h1-8,11,15H,9-10H2,(H,23,27)(H,21,22,24,26)/t15-/m0/s1. The van der Waals surface area contributed by atoms with Gasteiger partial charge in [-0.1, -0.05) is 34.1 Å². The second kappa shape index (κ2) is 7.81. The Morgan fingerprint density at radius 3 is 2.93 bits per heavy atom. The highest BCUT2D eigenvalue weighted by Gasteiger charge is 2.30. The number of anilines is 2. The number of fused-ring (bicyclic) bond motifs is 1. The molecule has 0 unspecified atom stereocenters. The van der Waals surface area contributed by atoms with Crippen molar-refractivity contribution in [1.82, 2.24) is 14.8 Å². The maximum atomic E-state index is 12.2. The molecule has 1 aromatic heterocycles. The van der Waals surface area contributed by atoms with Crippen molar-refractivity contribution in [3.63, 3.8) is 0 Å². The number of nitrogens with one attached hydrogen (secondary N) is 2. The normalized spacial score (nSPS) is 15.5. The van der Waals surface area contributed by atoms with E-state index in [1.54, 1.807) is 22.9 Å². The van der Waals surface area contributed by atoms with Gasteiger partial charge in [-0.3, -0.25) is 14.9 Å². The van der Waals surface area contributed by atoms with E-state index in [1.807, 2.05) is 30.3 Å². The SMILES string of the molecule is O=C(COc1ccc(Br)cc1[C@@H]1CC(=O)Nc2ncnn21)Nc1ccccc1. The summed E-state index contributed by atoms with van der Waals surface area (Å²) in [6.45, 7) is -0.160. The number of benzene rings is 2. The molecule has 0 saturated heterocycles. The Hall–Kier alpha value is -3.20. The quantitative estimate of drug-likeness (QED) is 0.633. The molecule has 2 amide bonds. The van der Waals surface area contributed by atoms with Gasteiger partial charge >= 0.3 is 0 Å². The van der Waals surface area contributed by atoms with Gasteiger partial charge in [0.1, 0.15) is 12.1 Å². The van der Waals surface area contributed by atoms with Crippen molar-refractivity contribution in [3.05, 3.63) is 64.9 Å². The van der Waals surface area contributed by atoms with Crippen molar-refractivity contribution < 1.29 is 14.3 Å². The van der Waals surface area contributed by atoms with Crippen molar-refractivity contribution in [2.45, 2.75) is 12.5 Å². The molecule has 3 aromatic rings. The summed E-state index contributed by atoms with van der Waals surface area (Å²) in [4.78, 5) is 28.3. The molecule has 2 N–H and O–H groups in total. The van der Waals surface area contributed by atoms with Crippen LogP contribution in [0.1, 0.15) is 18.0 Å². The van der Waals surface area contributed by atoms with Crippen LogP contribution in [0.4, 0.5) is 11.6 Å². The average molecular weight is 442 g/mol. The topological polar surface area (TPSA) is 98.1 Å². The number of carbonyl (C=O) groups excluding carboxylic acids is 2. The number of carbonyl (C=O) groups is 2. The lowest BCUT2D eigenvalue weighted by Crippen LogP contribution is -2.30. The predicted octanol–water partition coefficient (Wildman–Crippen LogP) is 2.99. The van der Waals surface area contributed by atoms with Crippen LogP contribution in [0.5, 0.6) is 5.75 Å². The molecule has 0 aliphatic carbocycles. The van der Waals surface area contributed by atoms with E-state index in [2.05, 4.69) is 36.6 Å². The Kier molecular flexibility index (Phi) is 5.07. The summed E-state index contributed by atoms with van der Waals surface area (Å²) in [7, 11) is 0. The molecule has 0 saturated carbocycles. The maximum absolute atomic E-state index is 12.2. The third kappa shape index (κ3) is 3.89. The highest BCUT2D eigenvalue weighted by atomic mass is 79.9. The molecule has 2 heterocycles. The van der Waals surface area contributed by atoms with Gasteiger partial charge in [0.25, 0.3) is 5.91 Å². The largest absolute Gasteiger partial charge is 0.483 e. The van der Waals surface area contributed by atoms with Crippen molar-refractivity contribution in [1.29, 1.82) is 0 Å². The molecule has 0 bridgehead atoms. The Morgan fingerprint density at radius 1 is 1.29 bits per heavy atom. The van der Waals surface area contributed by atoms with E-state index in [4.69, 9.17) is 4.74 Å². The third-order valence-electron chi connectivity index (χ3n) is 4.25. The molecule has 0 spiro atoms. The third-order valence-corrected chi connectivity index (χ3v) is 4.74. The van der Waals surface area contributed by atoms with Gasteiger partial charge in [-0.15, -0.1) is 0 Å². The summed E-state index contributed by atoms with van der Waals surface area (Å²) < 4.78 is 8.25. The number of aromatic nitrogens is 3. The summed E-state index contributed by atoms with van der Waals surface area (Å²) in [5.74, 6) is 0.461. The minimum Gasteiger partial charge on any atom is -0.483 e. The van der Waals surface area contributed by atoms with E-state index >= 15 is 0 Å². The zero-order valence-electron chi connectivity index (χ0n) is 14.6. The molecule has 4 rings (SSSR count). The number of para-hydroxylation sites is 1. The fourth-order valence-corrected chi connectivity index (χ4v) is 3.40. The van der Waals surface area contributed by atoms with Crippen LogP contribution in [0.2, 0.25) is 0 Å². The van der Waals surface area contributed by atoms with Crippen LogP contribution in [0.15, 0.2) is 59.3 Å².